The van der Waals surface area contributed by atoms with Crippen LogP contribution in [0.25, 0.3) is 0 Å². The highest BCUT2D eigenvalue weighted by Gasteiger charge is 2.26. The molecule has 0 unspecified atom stereocenters. The lowest BCUT2D eigenvalue weighted by Gasteiger charge is -2.39. The predicted octanol–water partition coefficient (Wildman–Crippen LogP) is 4.06. The van der Waals surface area contributed by atoms with Crippen LogP contribution in [0.5, 0.6) is 0 Å². The Hall–Kier alpha value is -0.440. The minimum Gasteiger partial charge on any atom is -0.369 e. The van der Waals surface area contributed by atoms with Crippen LogP contribution >= 0.6 is 23.2 Å². The summed E-state index contributed by atoms with van der Waals surface area (Å²) in [5, 5.41) is 1.28. The molecule has 0 bridgehead atoms. The topological polar surface area (TPSA) is 6.48 Å². The summed E-state index contributed by atoms with van der Waals surface area (Å²) in [5.74, 6) is 0. The minimum atomic E-state index is 0.634. The maximum absolute atomic E-state index is 6.10. The van der Waals surface area contributed by atoms with E-state index >= 15 is 0 Å². The standard InChI is InChI=1S/C15H20Cl2N2/c16-14-6-5-13(11-15(14)17)19-9-7-18(8-10-19)12-3-1-2-4-12/h5-6,11-12H,1-4,7-10H2. The van der Waals surface area contributed by atoms with Crippen molar-refractivity contribution < 1.29 is 0 Å². The molecule has 1 heterocycles. The van der Waals surface area contributed by atoms with Gasteiger partial charge in [-0.2, -0.15) is 0 Å². The quantitative estimate of drug-likeness (QED) is 0.812. The Morgan fingerprint density at radius 1 is 0.895 bits per heavy atom. The van der Waals surface area contributed by atoms with Crippen LogP contribution in [0.2, 0.25) is 10.0 Å². The molecule has 1 aromatic carbocycles. The van der Waals surface area contributed by atoms with Crippen molar-refractivity contribution in [1.29, 1.82) is 0 Å². The number of rotatable bonds is 2. The fourth-order valence-corrected chi connectivity index (χ4v) is 3.59. The van der Waals surface area contributed by atoms with Crippen LogP contribution in [-0.4, -0.2) is 37.1 Å². The highest BCUT2D eigenvalue weighted by molar-refractivity contribution is 6.42. The van der Waals surface area contributed by atoms with Crippen molar-refractivity contribution in [2.24, 2.45) is 0 Å². The highest BCUT2D eigenvalue weighted by Crippen LogP contribution is 2.29. The van der Waals surface area contributed by atoms with Crippen LogP contribution in [0.15, 0.2) is 18.2 Å². The van der Waals surface area contributed by atoms with E-state index in [9.17, 15) is 0 Å². The molecule has 0 atom stereocenters. The van der Waals surface area contributed by atoms with Crippen molar-refractivity contribution in [2.45, 2.75) is 31.7 Å². The Morgan fingerprint density at radius 2 is 1.58 bits per heavy atom. The van der Waals surface area contributed by atoms with E-state index in [4.69, 9.17) is 23.2 Å². The van der Waals surface area contributed by atoms with E-state index in [0.717, 1.165) is 19.1 Å². The third-order valence-electron chi connectivity index (χ3n) is 4.42. The fourth-order valence-electron chi connectivity index (χ4n) is 3.30. The first-order valence-electron chi connectivity index (χ1n) is 7.18. The molecule has 2 fully saturated rings. The zero-order valence-corrected chi connectivity index (χ0v) is 12.6. The molecule has 1 aromatic rings. The van der Waals surface area contributed by atoms with Gasteiger partial charge < -0.3 is 4.90 Å². The maximum Gasteiger partial charge on any atom is 0.0612 e. The number of piperazine rings is 1. The number of halogens is 2. The Morgan fingerprint density at radius 3 is 2.21 bits per heavy atom. The van der Waals surface area contributed by atoms with Crippen molar-refractivity contribution in [2.75, 3.05) is 31.1 Å². The second-order valence-corrected chi connectivity index (χ2v) is 6.37. The molecule has 2 aliphatic rings. The van der Waals surface area contributed by atoms with E-state index in [0.29, 0.717) is 10.0 Å². The van der Waals surface area contributed by atoms with Gasteiger partial charge in [0.2, 0.25) is 0 Å². The Balaban J connectivity index is 1.61. The summed E-state index contributed by atoms with van der Waals surface area (Å²) in [7, 11) is 0. The molecule has 1 saturated carbocycles. The van der Waals surface area contributed by atoms with Gasteiger partial charge in [-0.05, 0) is 31.0 Å². The minimum absolute atomic E-state index is 0.634. The smallest absolute Gasteiger partial charge is 0.0612 e. The summed E-state index contributed by atoms with van der Waals surface area (Å²) in [6, 6.07) is 6.79. The summed E-state index contributed by atoms with van der Waals surface area (Å²) in [5.41, 5.74) is 1.19. The predicted molar refractivity (Wildman–Crippen MR) is 82.5 cm³/mol. The van der Waals surface area contributed by atoms with E-state index in [1.807, 2.05) is 12.1 Å². The van der Waals surface area contributed by atoms with Crippen LogP contribution in [0.1, 0.15) is 25.7 Å². The average molecular weight is 299 g/mol. The number of hydrogen-bond acceptors (Lipinski definition) is 2. The zero-order valence-electron chi connectivity index (χ0n) is 11.1. The van der Waals surface area contributed by atoms with Gasteiger partial charge in [0, 0.05) is 37.9 Å². The zero-order chi connectivity index (χ0) is 13.2. The summed E-state index contributed by atoms with van der Waals surface area (Å²) in [6.07, 6.45) is 5.62. The van der Waals surface area contributed by atoms with Crippen molar-refractivity contribution in [3.63, 3.8) is 0 Å². The second kappa shape index (κ2) is 5.90. The van der Waals surface area contributed by atoms with Gasteiger partial charge >= 0.3 is 0 Å². The third-order valence-corrected chi connectivity index (χ3v) is 5.16. The lowest BCUT2D eigenvalue weighted by atomic mass is 10.1. The molecule has 1 saturated heterocycles. The van der Waals surface area contributed by atoms with Crippen molar-refractivity contribution >= 4 is 28.9 Å². The molecule has 0 N–H and O–H groups in total. The first kappa shape index (κ1) is 13.5. The van der Waals surface area contributed by atoms with Gasteiger partial charge in [-0.1, -0.05) is 36.0 Å². The normalized spacial score (nSPS) is 22.1. The van der Waals surface area contributed by atoms with Crippen LogP contribution < -0.4 is 4.90 Å². The monoisotopic (exact) mass is 298 g/mol. The number of anilines is 1. The highest BCUT2D eigenvalue weighted by atomic mass is 35.5. The van der Waals surface area contributed by atoms with Crippen LogP contribution in [0.3, 0.4) is 0 Å². The number of nitrogens with zero attached hydrogens (tertiary/aromatic N) is 2. The fraction of sp³-hybridized carbons (Fsp3) is 0.600. The van der Waals surface area contributed by atoms with Gasteiger partial charge in [0.15, 0.2) is 0 Å². The largest absolute Gasteiger partial charge is 0.369 e. The summed E-state index contributed by atoms with van der Waals surface area (Å²) < 4.78 is 0. The van der Waals surface area contributed by atoms with Gasteiger partial charge in [-0.15, -0.1) is 0 Å². The number of hydrogen-bond donors (Lipinski definition) is 0. The van der Waals surface area contributed by atoms with E-state index in [-0.39, 0.29) is 0 Å². The van der Waals surface area contributed by atoms with E-state index in [1.165, 1.54) is 44.5 Å². The molecule has 0 amide bonds. The molecular formula is C15H20Cl2N2. The first-order valence-corrected chi connectivity index (χ1v) is 7.94. The van der Waals surface area contributed by atoms with Crippen molar-refractivity contribution in [3.8, 4) is 0 Å². The van der Waals surface area contributed by atoms with Gasteiger partial charge in [0.1, 0.15) is 0 Å². The summed E-state index contributed by atoms with van der Waals surface area (Å²) >= 11 is 12.1. The van der Waals surface area contributed by atoms with Crippen LogP contribution in [-0.2, 0) is 0 Å². The molecule has 104 valence electrons. The maximum atomic E-state index is 6.10. The molecule has 19 heavy (non-hydrogen) atoms. The van der Waals surface area contributed by atoms with E-state index in [2.05, 4.69) is 15.9 Å². The molecule has 2 nitrogen and oxygen atoms in total. The summed E-state index contributed by atoms with van der Waals surface area (Å²) in [6.45, 7) is 4.53. The van der Waals surface area contributed by atoms with Crippen molar-refractivity contribution in [1.82, 2.24) is 4.90 Å². The summed E-state index contributed by atoms with van der Waals surface area (Å²) in [4.78, 5) is 5.08. The van der Waals surface area contributed by atoms with Crippen LogP contribution in [0.4, 0.5) is 5.69 Å². The van der Waals surface area contributed by atoms with Gasteiger partial charge in [-0.25, -0.2) is 0 Å². The molecule has 1 aliphatic heterocycles. The second-order valence-electron chi connectivity index (χ2n) is 5.56. The third kappa shape index (κ3) is 3.01. The van der Waals surface area contributed by atoms with Crippen molar-refractivity contribution in [3.05, 3.63) is 28.2 Å². The lowest BCUT2D eigenvalue weighted by Crippen LogP contribution is -2.49. The first-order chi connectivity index (χ1) is 9.24. The van der Waals surface area contributed by atoms with Gasteiger partial charge in [0.05, 0.1) is 10.0 Å². The van der Waals surface area contributed by atoms with Gasteiger partial charge in [0.25, 0.3) is 0 Å². The molecule has 1 aliphatic carbocycles. The molecule has 4 heteroatoms. The molecular weight excluding hydrogens is 279 g/mol. The lowest BCUT2D eigenvalue weighted by molar-refractivity contribution is 0.187. The van der Waals surface area contributed by atoms with Gasteiger partial charge in [-0.3, -0.25) is 4.90 Å². The van der Waals surface area contributed by atoms with E-state index < -0.39 is 0 Å². The number of benzene rings is 1. The average Bonchev–Trinajstić information content (AvgIpc) is 2.96. The molecule has 3 rings (SSSR count). The SMILES string of the molecule is Clc1ccc(N2CCN(C3CCCC3)CC2)cc1Cl. The molecule has 0 radical (unpaired) electrons. The Labute approximate surface area is 125 Å². The van der Waals surface area contributed by atoms with Crippen LogP contribution in [0, 0.1) is 0 Å². The molecule has 0 aromatic heterocycles. The molecule has 0 spiro atoms. The Kier molecular flexibility index (Phi) is 4.21. The van der Waals surface area contributed by atoms with E-state index in [1.54, 1.807) is 0 Å². The Bertz CT molecular complexity index is 436.